The highest BCUT2D eigenvalue weighted by Crippen LogP contribution is 2.34. The van der Waals surface area contributed by atoms with Crippen LogP contribution in [0.2, 0.25) is 5.15 Å². The molecule has 2 aromatic heterocycles. The Morgan fingerprint density at radius 2 is 1.84 bits per heavy atom. The Morgan fingerprint density at radius 3 is 2.52 bits per heavy atom. The molecule has 1 aliphatic carbocycles. The second-order valence-electron chi connectivity index (χ2n) is 7.75. The predicted molar refractivity (Wildman–Crippen MR) is 124 cm³/mol. The monoisotopic (exact) mass is 497 g/mol. The number of pyridine rings is 1. The van der Waals surface area contributed by atoms with Gasteiger partial charge in [-0.25, -0.2) is 18.4 Å². The smallest absolute Gasteiger partial charge is 0.261 e. The van der Waals surface area contributed by atoms with E-state index in [1.165, 1.54) is 49.2 Å². The van der Waals surface area contributed by atoms with Crippen LogP contribution in [0.25, 0.3) is 10.3 Å². The molecule has 3 aromatic rings. The van der Waals surface area contributed by atoms with Crippen molar-refractivity contribution in [2.24, 2.45) is 5.92 Å². The summed E-state index contributed by atoms with van der Waals surface area (Å²) in [6, 6.07) is 9.63. The molecule has 1 aromatic carbocycles. The summed E-state index contributed by atoms with van der Waals surface area (Å²) in [6.45, 7) is 0. The van der Waals surface area contributed by atoms with E-state index < -0.39 is 15.0 Å². The van der Waals surface area contributed by atoms with Gasteiger partial charge in [-0.1, -0.05) is 60.8 Å². The Bertz CT molecular complexity index is 1190. The molecule has 0 aliphatic heterocycles. The number of nitrogens with one attached hydrogen (secondary N) is 1. The van der Waals surface area contributed by atoms with Crippen molar-refractivity contribution in [2.45, 2.75) is 49.3 Å². The fourth-order valence-corrected chi connectivity index (χ4v) is 5.86. The van der Waals surface area contributed by atoms with Crippen molar-refractivity contribution in [3.63, 3.8) is 0 Å². The first-order valence-electron chi connectivity index (χ1n) is 10.1. The average molecular weight is 498 g/mol. The Kier molecular flexibility index (Phi) is 6.81. The molecule has 6 nitrogen and oxygen atoms in total. The van der Waals surface area contributed by atoms with Gasteiger partial charge in [0.2, 0.25) is 5.91 Å². The van der Waals surface area contributed by atoms with Gasteiger partial charge in [0, 0.05) is 10.7 Å². The number of nitrogens with zero attached hydrogens (tertiary/aromatic N) is 2. The van der Waals surface area contributed by atoms with Gasteiger partial charge in [-0.05, 0) is 48.6 Å². The van der Waals surface area contributed by atoms with Crippen LogP contribution < -0.4 is 5.32 Å². The third-order valence-corrected chi connectivity index (χ3v) is 8.13. The molecule has 1 N–H and O–H groups in total. The van der Waals surface area contributed by atoms with Crippen molar-refractivity contribution in [3.8, 4) is 0 Å². The Labute approximate surface area is 194 Å². The fourth-order valence-electron chi connectivity index (χ4n) is 4.05. The quantitative estimate of drug-likeness (QED) is 0.321. The number of carbonyl (C=O) groups excluding carboxylic acids is 1. The summed E-state index contributed by atoms with van der Waals surface area (Å²) in [5.74, 6) is 0.0347. The molecule has 0 saturated heterocycles. The SMILES string of the molecule is O=C(Nc1nc2ccc(Cl)nc2s1)[C@H](CCC1CCCC1)c1ccc(S(=O)(=O)Cl)cc1. The van der Waals surface area contributed by atoms with E-state index in [2.05, 4.69) is 15.3 Å². The van der Waals surface area contributed by atoms with E-state index in [1.54, 1.807) is 24.3 Å². The number of anilines is 1. The number of hydrogen-bond donors (Lipinski definition) is 1. The summed E-state index contributed by atoms with van der Waals surface area (Å²) in [5.41, 5.74) is 1.42. The highest BCUT2D eigenvalue weighted by atomic mass is 35.7. The van der Waals surface area contributed by atoms with Crippen molar-refractivity contribution < 1.29 is 13.2 Å². The van der Waals surface area contributed by atoms with Crippen molar-refractivity contribution in [1.29, 1.82) is 0 Å². The van der Waals surface area contributed by atoms with Gasteiger partial charge in [0.05, 0.1) is 10.8 Å². The van der Waals surface area contributed by atoms with Crippen LogP contribution in [0.3, 0.4) is 0 Å². The second kappa shape index (κ2) is 9.40. The van der Waals surface area contributed by atoms with E-state index in [9.17, 15) is 13.2 Å². The third-order valence-electron chi connectivity index (χ3n) is 5.67. The van der Waals surface area contributed by atoms with Gasteiger partial charge >= 0.3 is 0 Å². The molecule has 1 saturated carbocycles. The lowest BCUT2D eigenvalue weighted by Crippen LogP contribution is -2.22. The second-order valence-corrected chi connectivity index (χ2v) is 11.7. The molecule has 31 heavy (non-hydrogen) atoms. The zero-order valence-electron chi connectivity index (χ0n) is 16.6. The lowest BCUT2D eigenvalue weighted by Gasteiger charge is -2.19. The maximum atomic E-state index is 13.2. The van der Waals surface area contributed by atoms with Gasteiger partial charge in [0.1, 0.15) is 15.5 Å². The van der Waals surface area contributed by atoms with E-state index >= 15 is 0 Å². The van der Waals surface area contributed by atoms with E-state index in [1.807, 2.05) is 0 Å². The number of amides is 1. The van der Waals surface area contributed by atoms with Gasteiger partial charge in [-0.3, -0.25) is 4.79 Å². The molecule has 0 bridgehead atoms. The van der Waals surface area contributed by atoms with E-state index in [0.29, 0.717) is 33.0 Å². The van der Waals surface area contributed by atoms with Crippen LogP contribution in [0, 0.1) is 5.92 Å². The van der Waals surface area contributed by atoms with Crippen molar-refractivity contribution >= 4 is 64.1 Å². The van der Waals surface area contributed by atoms with Gasteiger partial charge in [0.25, 0.3) is 9.05 Å². The highest BCUT2D eigenvalue weighted by molar-refractivity contribution is 8.13. The molecule has 1 fully saturated rings. The minimum Gasteiger partial charge on any atom is -0.301 e. The van der Waals surface area contributed by atoms with Crippen molar-refractivity contribution in [2.75, 3.05) is 5.32 Å². The molecule has 0 unspecified atom stereocenters. The maximum Gasteiger partial charge on any atom is 0.261 e. The average Bonchev–Trinajstić information content (AvgIpc) is 3.37. The topological polar surface area (TPSA) is 89.0 Å². The van der Waals surface area contributed by atoms with Crippen LogP contribution in [-0.4, -0.2) is 24.3 Å². The molecule has 0 spiro atoms. The molecule has 4 rings (SSSR count). The van der Waals surface area contributed by atoms with Crippen molar-refractivity contribution in [3.05, 3.63) is 47.1 Å². The summed E-state index contributed by atoms with van der Waals surface area (Å²) >= 11 is 7.21. The van der Waals surface area contributed by atoms with Gasteiger partial charge in [-0.2, -0.15) is 0 Å². The first-order chi connectivity index (χ1) is 14.8. The fraction of sp³-hybridized carbons (Fsp3) is 0.381. The number of carbonyl (C=O) groups is 1. The van der Waals surface area contributed by atoms with Gasteiger partial charge in [-0.15, -0.1) is 0 Å². The van der Waals surface area contributed by atoms with Crippen LogP contribution in [0.4, 0.5) is 5.13 Å². The lowest BCUT2D eigenvalue weighted by molar-refractivity contribution is -0.117. The highest BCUT2D eigenvalue weighted by Gasteiger charge is 2.25. The van der Waals surface area contributed by atoms with Crippen LogP contribution >= 0.6 is 33.6 Å². The summed E-state index contributed by atoms with van der Waals surface area (Å²) < 4.78 is 23.1. The molecule has 1 aliphatic rings. The first-order valence-corrected chi connectivity index (χ1v) is 13.6. The van der Waals surface area contributed by atoms with Crippen LogP contribution in [0.5, 0.6) is 0 Å². The molecule has 1 amide bonds. The first kappa shape index (κ1) is 22.5. The third kappa shape index (κ3) is 5.55. The number of thiazole rings is 1. The number of aromatic nitrogens is 2. The largest absolute Gasteiger partial charge is 0.301 e. The van der Waals surface area contributed by atoms with E-state index in [4.69, 9.17) is 22.3 Å². The predicted octanol–water partition coefficient (Wildman–Crippen LogP) is 5.96. The molecular formula is C21H21Cl2N3O3S2. The number of hydrogen-bond acceptors (Lipinski definition) is 6. The van der Waals surface area contributed by atoms with Crippen LogP contribution in [0.15, 0.2) is 41.3 Å². The number of benzene rings is 1. The number of halogens is 2. The number of fused-ring (bicyclic) bond motifs is 1. The zero-order valence-corrected chi connectivity index (χ0v) is 19.7. The minimum absolute atomic E-state index is 0.0157. The molecule has 0 radical (unpaired) electrons. The normalized spacial score (nSPS) is 15.9. The zero-order chi connectivity index (χ0) is 22.0. The maximum absolute atomic E-state index is 13.2. The molecule has 164 valence electrons. The molecule has 2 heterocycles. The standard InChI is InChI=1S/C21H21Cl2N3O3S2/c22-18-12-11-17-20(25-18)30-21(24-17)26-19(27)16(10-5-13-3-1-2-4-13)14-6-8-15(9-7-14)31(23,28)29/h6-9,11-13,16H,1-5,10H2,(H,24,26,27)/t16-/m1/s1. The Morgan fingerprint density at radius 1 is 1.13 bits per heavy atom. The Balaban J connectivity index is 1.56. The molecular weight excluding hydrogens is 477 g/mol. The molecule has 10 heteroatoms. The summed E-state index contributed by atoms with van der Waals surface area (Å²) in [7, 11) is 1.62. The van der Waals surface area contributed by atoms with E-state index in [0.717, 1.165) is 12.0 Å². The van der Waals surface area contributed by atoms with Crippen LogP contribution in [0.1, 0.15) is 50.0 Å². The lowest BCUT2D eigenvalue weighted by atomic mass is 9.89. The van der Waals surface area contributed by atoms with Crippen LogP contribution in [-0.2, 0) is 13.8 Å². The van der Waals surface area contributed by atoms with E-state index in [-0.39, 0.29) is 10.8 Å². The summed E-state index contributed by atoms with van der Waals surface area (Å²) in [5, 5.41) is 3.74. The minimum atomic E-state index is -3.81. The van der Waals surface area contributed by atoms with Gasteiger partial charge < -0.3 is 5.32 Å². The summed E-state index contributed by atoms with van der Waals surface area (Å²) in [4.78, 5) is 22.5. The molecule has 1 atom stereocenters. The Hall–Kier alpha value is -1.74. The number of rotatable bonds is 7. The summed E-state index contributed by atoms with van der Waals surface area (Å²) in [6.07, 6.45) is 6.50. The van der Waals surface area contributed by atoms with Crippen molar-refractivity contribution in [1.82, 2.24) is 9.97 Å². The van der Waals surface area contributed by atoms with Gasteiger partial charge in [0.15, 0.2) is 5.13 Å².